The Morgan fingerprint density at radius 2 is 2.17 bits per heavy atom. The molecule has 1 heterocycles. The molecule has 0 aliphatic heterocycles. The van der Waals surface area contributed by atoms with E-state index in [-0.39, 0.29) is 5.92 Å². The molecule has 0 saturated carbocycles. The van der Waals surface area contributed by atoms with E-state index in [9.17, 15) is 0 Å². The highest BCUT2D eigenvalue weighted by atomic mass is 16.5. The molecule has 0 fully saturated rings. The Hall–Kier alpha value is -1.30. The molecule has 1 atom stereocenters. The van der Waals surface area contributed by atoms with Gasteiger partial charge in [-0.1, -0.05) is 24.9 Å². The second kappa shape index (κ2) is 3.40. The molecule has 0 aromatic carbocycles. The van der Waals surface area contributed by atoms with Crippen LogP contribution in [-0.4, -0.2) is 10.1 Å². The van der Waals surface area contributed by atoms with Gasteiger partial charge in [0.15, 0.2) is 5.82 Å². The fraction of sp³-hybridized carbons (Fsp3) is 0.556. The van der Waals surface area contributed by atoms with Crippen molar-refractivity contribution in [3.8, 4) is 12.3 Å². The van der Waals surface area contributed by atoms with E-state index < -0.39 is 0 Å². The Morgan fingerprint density at radius 1 is 1.50 bits per heavy atom. The largest absolute Gasteiger partial charge is 0.338 e. The van der Waals surface area contributed by atoms with Crippen LogP contribution in [0.2, 0.25) is 0 Å². The van der Waals surface area contributed by atoms with Crippen LogP contribution in [0, 0.1) is 25.2 Å². The number of aromatic nitrogens is 2. The maximum atomic E-state index is 5.34. The lowest BCUT2D eigenvalue weighted by atomic mass is 9.97. The first-order chi connectivity index (χ1) is 5.65. The average Bonchev–Trinajstić information content (AvgIpc) is 2.37. The van der Waals surface area contributed by atoms with E-state index in [1.165, 1.54) is 0 Å². The van der Waals surface area contributed by atoms with Gasteiger partial charge in [0.05, 0.1) is 0 Å². The number of hydrogen-bond donors (Lipinski definition) is 0. The quantitative estimate of drug-likeness (QED) is 0.625. The SMILES string of the molecule is C#CC(c1nc(C)no1)C(C)C. The third-order valence-electron chi connectivity index (χ3n) is 1.66. The fourth-order valence-electron chi connectivity index (χ4n) is 0.988. The summed E-state index contributed by atoms with van der Waals surface area (Å²) in [6, 6.07) is 0. The van der Waals surface area contributed by atoms with Crippen LogP contribution in [0.5, 0.6) is 0 Å². The lowest BCUT2D eigenvalue weighted by Crippen LogP contribution is -2.04. The molecule has 0 aliphatic carbocycles. The molecule has 1 rings (SSSR count). The van der Waals surface area contributed by atoms with E-state index in [4.69, 9.17) is 10.9 Å². The lowest BCUT2D eigenvalue weighted by molar-refractivity contribution is 0.346. The topological polar surface area (TPSA) is 38.9 Å². The van der Waals surface area contributed by atoms with Gasteiger partial charge >= 0.3 is 0 Å². The normalized spacial score (nSPS) is 12.9. The monoisotopic (exact) mass is 164 g/mol. The molecule has 12 heavy (non-hydrogen) atoms. The molecule has 0 amide bonds. The summed E-state index contributed by atoms with van der Waals surface area (Å²) in [6.07, 6.45) is 5.34. The van der Waals surface area contributed by atoms with Gasteiger partial charge in [0.1, 0.15) is 5.92 Å². The summed E-state index contributed by atoms with van der Waals surface area (Å²) in [7, 11) is 0. The zero-order valence-electron chi connectivity index (χ0n) is 7.53. The van der Waals surface area contributed by atoms with Crippen LogP contribution in [0.15, 0.2) is 4.52 Å². The molecule has 0 N–H and O–H groups in total. The molecule has 0 radical (unpaired) electrons. The van der Waals surface area contributed by atoms with Gasteiger partial charge in [-0.3, -0.25) is 0 Å². The third-order valence-corrected chi connectivity index (χ3v) is 1.66. The Bertz CT molecular complexity index is 296. The maximum absolute atomic E-state index is 5.34. The van der Waals surface area contributed by atoms with Gasteiger partial charge in [-0.25, -0.2) is 0 Å². The van der Waals surface area contributed by atoms with Crippen molar-refractivity contribution in [3.63, 3.8) is 0 Å². The summed E-state index contributed by atoms with van der Waals surface area (Å²) < 4.78 is 4.98. The predicted octanol–water partition coefficient (Wildman–Crippen LogP) is 1.75. The second-order valence-electron chi connectivity index (χ2n) is 3.07. The molecule has 0 aliphatic rings. The van der Waals surface area contributed by atoms with Crippen molar-refractivity contribution in [3.05, 3.63) is 11.7 Å². The molecule has 64 valence electrons. The van der Waals surface area contributed by atoms with Crippen molar-refractivity contribution < 1.29 is 4.52 Å². The Balaban J connectivity index is 2.89. The molecule has 0 spiro atoms. The molecular formula is C9H12N2O. The van der Waals surface area contributed by atoms with Crippen LogP contribution in [0.1, 0.15) is 31.5 Å². The predicted molar refractivity (Wildman–Crippen MR) is 45.4 cm³/mol. The molecule has 0 bridgehead atoms. The zero-order valence-corrected chi connectivity index (χ0v) is 7.53. The van der Waals surface area contributed by atoms with E-state index in [2.05, 4.69) is 16.1 Å². The standard InChI is InChI=1S/C9H12N2O/c1-5-8(6(2)3)9-10-7(4)11-12-9/h1,6,8H,2-4H3. The van der Waals surface area contributed by atoms with Gasteiger partial charge < -0.3 is 4.52 Å². The molecule has 3 heteroatoms. The van der Waals surface area contributed by atoms with Crippen LogP contribution in [0.25, 0.3) is 0 Å². The molecule has 3 nitrogen and oxygen atoms in total. The van der Waals surface area contributed by atoms with Crippen molar-refractivity contribution in [2.75, 3.05) is 0 Å². The number of hydrogen-bond acceptors (Lipinski definition) is 3. The van der Waals surface area contributed by atoms with Crippen LogP contribution in [0.4, 0.5) is 0 Å². The van der Waals surface area contributed by atoms with Gasteiger partial charge in [-0.05, 0) is 12.8 Å². The Kier molecular flexibility index (Phi) is 2.49. The Morgan fingerprint density at radius 3 is 2.50 bits per heavy atom. The number of nitrogens with zero attached hydrogens (tertiary/aromatic N) is 2. The number of aryl methyl sites for hydroxylation is 1. The van der Waals surface area contributed by atoms with E-state index in [1.54, 1.807) is 6.92 Å². The van der Waals surface area contributed by atoms with Crippen LogP contribution in [-0.2, 0) is 0 Å². The smallest absolute Gasteiger partial charge is 0.242 e. The van der Waals surface area contributed by atoms with E-state index in [0.29, 0.717) is 17.6 Å². The highest BCUT2D eigenvalue weighted by Crippen LogP contribution is 2.21. The summed E-state index contributed by atoms with van der Waals surface area (Å²) >= 11 is 0. The third kappa shape index (κ3) is 1.65. The lowest BCUT2D eigenvalue weighted by Gasteiger charge is -2.08. The second-order valence-corrected chi connectivity index (χ2v) is 3.07. The minimum absolute atomic E-state index is 0.0637. The number of rotatable bonds is 2. The highest BCUT2D eigenvalue weighted by molar-refractivity contribution is 5.11. The van der Waals surface area contributed by atoms with Gasteiger partial charge in [0, 0.05) is 0 Å². The van der Waals surface area contributed by atoms with Gasteiger partial charge in [-0.15, -0.1) is 6.42 Å². The van der Waals surface area contributed by atoms with Crippen LogP contribution < -0.4 is 0 Å². The molecule has 1 aromatic heterocycles. The van der Waals surface area contributed by atoms with E-state index >= 15 is 0 Å². The molecule has 1 aromatic rings. The van der Waals surface area contributed by atoms with Crippen LogP contribution in [0.3, 0.4) is 0 Å². The molecular weight excluding hydrogens is 152 g/mol. The number of terminal acetylenes is 1. The van der Waals surface area contributed by atoms with Gasteiger partial charge in [-0.2, -0.15) is 4.98 Å². The summed E-state index contributed by atoms with van der Waals surface area (Å²) in [5.41, 5.74) is 0. The zero-order chi connectivity index (χ0) is 9.14. The summed E-state index contributed by atoms with van der Waals surface area (Å²) in [5, 5.41) is 3.69. The minimum atomic E-state index is -0.0637. The summed E-state index contributed by atoms with van der Waals surface area (Å²) in [5.74, 6) is 4.08. The van der Waals surface area contributed by atoms with Crippen molar-refractivity contribution in [1.82, 2.24) is 10.1 Å². The van der Waals surface area contributed by atoms with E-state index in [1.807, 2.05) is 13.8 Å². The molecule has 0 saturated heterocycles. The van der Waals surface area contributed by atoms with Crippen molar-refractivity contribution in [1.29, 1.82) is 0 Å². The Labute approximate surface area is 72.2 Å². The average molecular weight is 164 g/mol. The van der Waals surface area contributed by atoms with Gasteiger partial charge in [0.2, 0.25) is 5.89 Å². The first-order valence-corrected chi connectivity index (χ1v) is 3.91. The van der Waals surface area contributed by atoms with Crippen molar-refractivity contribution in [2.24, 2.45) is 5.92 Å². The fourth-order valence-corrected chi connectivity index (χ4v) is 0.988. The minimum Gasteiger partial charge on any atom is -0.338 e. The van der Waals surface area contributed by atoms with Gasteiger partial charge in [0.25, 0.3) is 0 Å². The van der Waals surface area contributed by atoms with E-state index in [0.717, 1.165) is 0 Å². The van der Waals surface area contributed by atoms with Crippen molar-refractivity contribution in [2.45, 2.75) is 26.7 Å². The highest BCUT2D eigenvalue weighted by Gasteiger charge is 2.18. The maximum Gasteiger partial charge on any atom is 0.242 e. The van der Waals surface area contributed by atoms with Crippen LogP contribution >= 0.6 is 0 Å². The van der Waals surface area contributed by atoms with Crippen molar-refractivity contribution >= 4 is 0 Å². The first-order valence-electron chi connectivity index (χ1n) is 3.91. The summed E-state index contributed by atoms with van der Waals surface area (Å²) in [6.45, 7) is 5.84. The summed E-state index contributed by atoms with van der Waals surface area (Å²) in [4.78, 5) is 4.08. The molecule has 1 unspecified atom stereocenters. The first kappa shape index (κ1) is 8.79.